The second-order valence-corrected chi connectivity index (χ2v) is 5.42. The number of nitrogens with one attached hydrogen (secondary N) is 1. The maximum Gasteiger partial charge on any atom is 0.0107 e. The molecule has 2 heteroatoms. The molecular formula is C15H32N2. The normalized spacial score (nSPS) is 18.2. The van der Waals surface area contributed by atoms with Crippen LogP contribution in [0.25, 0.3) is 0 Å². The summed E-state index contributed by atoms with van der Waals surface area (Å²) in [6.07, 6.45) is 12.8. The van der Waals surface area contributed by atoms with Gasteiger partial charge in [0.05, 0.1) is 0 Å². The largest absolute Gasteiger partial charge is 0.315 e. The summed E-state index contributed by atoms with van der Waals surface area (Å²) in [6, 6.07) is 0. The van der Waals surface area contributed by atoms with Gasteiger partial charge in [0, 0.05) is 13.1 Å². The predicted molar refractivity (Wildman–Crippen MR) is 76.5 cm³/mol. The summed E-state index contributed by atoms with van der Waals surface area (Å²) in [5, 5.41) is 3.47. The van der Waals surface area contributed by atoms with Crippen molar-refractivity contribution >= 4 is 0 Å². The smallest absolute Gasteiger partial charge is 0.0107 e. The standard InChI is InChI=1S/C15H32N2/c1-2-3-4-5-6-7-8-9-13-17-14-10-11-16-12-15-17/h16H,2-15H2,1H3. The lowest BCUT2D eigenvalue weighted by atomic mass is 10.1. The zero-order valence-electron chi connectivity index (χ0n) is 11.8. The van der Waals surface area contributed by atoms with Crippen LogP contribution in [0.2, 0.25) is 0 Å². The third kappa shape index (κ3) is 8.62. The lowest BCUT2D eigenvalue weighted by Crippen LogP contribution is -2.29. The minimum absolute atomic E-state index is 1.19. The van der Waals surface area contributed by atoms with Gasteiger partial charge in [0.2, 0.25) is 0 Å². The van der Waals surface area contributed by atoms with Crippen LogP contribution in [-0.4, -0.2) is 37.6 Å². The minimum atomic E-state index is 1.19. The van der Waals surface area contributed by atoms with Gasteiger partial charge in [-0.15, -0.1) is 0 Å². The van der Waals surface area contributed by atoms with Crippen LogP contribution < -0.4 is 5.32 Å². The van der Waals surface area contributed by atoms with Gasteiger partial charge in [0.25, 0.3) is 0 Å². The summed E-state index contributed by atoms with van der Waals surface area (Å²) < 4.78 is 0. The van der Waals surface area contributed by atoms with Crippen molar-refractivity contribution in [2.24, 2.45) is 0 Å². The molecule has 0 saturated carbocycles. The van der Waals surface area contributed by atoms with E-state index >= 15 is 0 Å². The molecule has 1 heterocycles. The van der Waals surface area contributed by atoms with E-state index in [0.717, 1.165) is 0 Å². The molecule has 1 aliphatic heterocycles. The average Bonchev–Trinajstić information content (AvgIpc) is 2.61. The average molecular weight is 240 g/mol. The molecule has 0 aromatic heterocycles. The van der Waals surface area contributed by atoms with Crippen LogP contribution in [0.3, 0.4) is 0 Å². The Morgan fingerprint density at radius 3 is 2.29 bits per heavy atom. The molecule has 0 bridgehead atoms. The highest BCUT2D eigenvalue weighted by molar-refractivity contribution is 4.65. The quantitative estimate of drug-likeness (QED) is 0.621. The molecule has 0 aromatic rings. The van der Waals surface area contributed by atoms with E-state index in [9.17, 15) is 0 Å². The van der Waals surface area contributed by atoms with Crippen LogP contribution in [0, 0.1) is 0 Å². The van der Waals surface area contributed by atoms with Gasteiger partial charge >= 0.3 is 0 Å². The first-order valence-corrected chi connectivity index (χ1v) is 7.86. The monoisotopic (exact) mass is 240 g/mol. The van der Waals surface area contributed by atoms with Crippen molar-refractivity contribution in [1.29, 1.82) is 0 Å². The molecule has 0 radical (unpaired) electrons. The zero-order valence-corrected chi connectivity index (χ0v) is 11.8. The predicted octanol–water partition coefficient (Wildman–Crippen LogP) is 3.42. The van der Waals surface area contributed by atoms with Crippen LogP contribution in [-0.2, 0) is 0 Å². The summed E-state index contributed by atoms with van der Waals surface area (Å²) in [5.74, 6) is 0. The molecule has 1 N–H and O–H groups in total. The number of unbranched alkanes of at least 4 members (excludes halogenated alkanes) is 7. The van der Waals surface area contributed by atoms with Crippen molar-refractivity contribution < 1.29 is 0 Å². The van der Waals surface area contributed by atoms with E-state index in [1.54, 1.807) is 0 Å². The molecule has 102 valence electrons. The van der Waals surface area contributed by atoms with Crippen LogP contribution >= 0.6 is 0 Å². The molecular weight excluding hydrogens is 208 g/mol. The number of hydrogen-bond donors (Lipinski definition) is 1. The first kappa shape index (κ1) is 15.0. The van der Waals surface area contributed by atoms with E-state index in [1.807, 2.05) is 0 Å². The van der Waals surface area contributed by atoms with Crippen molar-refractivity contribution in [3.8, 4) is 0 Å². The Hall–Kier alpha value is -0.0800. The van der Waals surface area contributed by atoms with Gasteiger partial charge in [0.15, 0.2) is 0 Å². The van der Waals surface area contributed by atoms with E-state index in [1.165, 1.54) is 90.5 Å². The second-order valence-electron chi connectivity index (χ2n) is 5.42. The molecule has 1 aliphatic rings. The van der Waals surface area contributed by atoms with Crippen LogP contribution in [0.1, 0.15) is 64.7 Å². The Bertz CT molecular complexity index is 151. The highest BCUT2D eigenvalue weighted by Gasteiger charge is 2.06. The SMILES string of the molecule is CCCCCCCCCCN1CCCNCC1. The molecule has 1 saturated heterocycles. The number of nitrogens with zero attached hydrogens (tertiary/aromatic N) is 1. The zero-order chi connectivity index (χ0) is 12.2. The fourth-order valence-corrected chi connectivity index (χ4v) is 2.59. The molecule has 0 aromatic carbocycles. The van der Waals surface area contributed by atoms with Crippen LogP contribution in [0.15, 0.2) is 0 Å². The molecule has 1 fully saturated rings. The Kier molecular flexibility index (Phi) is 9.72. The van der Waals surface area contributed by atoms with Crippen molar-refractivity contribution in [2.45, 2.75) is 64.7 Å². The van der Waals surface area contributed by atoms with Gasteiger partial charge in [-0.3, -0.25) is 0 Å². The Labute approximate surface area is 108 Å². The lowest BCUT2D eigenvalue weighted by molar-refractivity contribution is 0.284. The maximum absolute atomic E-state index is 3.47. The Morgan fingerprint density at radius 1 is 0.824 bits per heavy atom. The van der Waals surface area contributed by atoms with Gasteiger partial charge in [-0.2, -0.15) is 0 Å². The maximum atomic E-state index is 3.47. The highest BCUT2D eigenvalue weighted by atomic mass is 15.1. The Balaban J connectivity index is 1.82. The number of rotatable bonds is 9. The first-order valence-electron chi connectivity index (χ1n) is 7.86. The number of hydrogen-bond acceptors (Lipinski definition) is 2. The van der Waals surface area contributed by atoms with Gasteiger partial charge < -0.3 is 10.2 Å². The summed E-state index contributed by atoms with van der Waals surface area (Å²) >= 11 is 0. The topological polar surface area (TPSA) is 15.3 Å². The molecule has 0 unspecified atom stereocenters. The fraction of sp³-hybridized carbons (Fsp3) is 1.00. The summed E-state index contributed by atoms with van der Waals surface area (Å²) in [7, 11) is 0. The highest BCUT2D eigenvalue weighted by Crippen LogP contribution is 2.09. The van der Waals surface area contributed by atoms with Crippen molar-refractivity contribution in [1.82, 2.24) is 10.2 Å². The summed E-state index contributed by atoms with van der Waals surface area (Å²) in [6.45, 7) is 8.59. The lowest BCUT2D eigenvalue weighted by Gasteiger charge is -2.18. The fourth-order valence-electron chi connectivity index (χ4n) is 2.59. The van der Waals surface area contributed by atoms with Gasteiger partial charge in [0.1, 0.15) is 0 Å². The third-order valence-corrected chi connectivity index (χ3v) is 3.76. The van der Waals surface area contributed by atoms with Crippen molar-refractivity contribution in [3.05, 3.63) is 0 Å². The minimum Gasteiger partial charge on any atom is -0.315 e. The Morgan fingerprint density at radius 2 is 1.53 bits per heavy atom. The van der Waals surface area contributed by atoms with Gasteiger partial charge in [-0.1, -0.05) is 51.9 Å². The van der Waals surface area contributed by atoms with E-state index in [0.29, 0.717) is 0 Å². The van der Waals surface area contributed by atoms with Crippen LogP contribution in [0.5, 0.6) is 0 Å². The molecule has 2 nitrogen and oxygen atoms in total. The third-order valence-electron chi connectivity index (χ3n) is 3.76. The molecule has 0 amide bonds. The molecule has 0 aliphatic carbocycles. The van der Waals surface area contributed by atoms with E-state index < -0.39 is 0 Å². The summed E-state index contributed by atoms with van der Waals surface area (Å²) in [4.78, 5) is 2.64. The molecule has 0 spiro atoms. The molecule has 0 atom stereocenters. The van der Waals surface area contributed by atoms with Crippen molar-refractivity contribution in [2.75, 3.05) is 32.7 Å². The van der Waals surface area contributed by atoms with Crippen LogP contribution in [0.4, 0.5) is 0 Å². The molecule has 1 rings (SSSR count). The molecule has 17 heavy (non-hydrogen) atoms. The van der Waals surface area contributed by atoms with E-state index in [4.69, 9.17) is 0 Å². The van der Waals surface area contributed by atoms with Gasteiger partial charge in [-0.25, -0.2) is 0 Å². The second kappa shape index (κ2) is 11.0. The van der Waals surface area contributed by atoms with E-state index in [2.05, 4.69) is 17.1 Å². The first-order chi connectivity index (χ1) is 8.43. The van der Waals surface area contributed by atoms with E-state index in [-0.39, 0.29) is 0 Å². The summed E-state index contributed by atoms with van der Waals surface area (Å²) in [5.41, 5.74) is 0. The van der Waals surface area contributed by atoms with Crippen molar-refractivity contribution in [3.63, 3.8) is 0 Å². The van der Waals surface area contributed by atoms with Gasteiger partial charge in [-0.05, 0) is 32.5 Å².